The summed E-state index contributed by atoms with van der Waals surface area (Å²) in [6, 6.07) is 16.5. The Hall–Kier alpha value is -2.33. The molecule has 2 aromatic rings. The van der Waals surface area contributed by atoms with Crippen LogP contribution in [0.1, 0.15) is 44.2 Å². The third kappa shape index (κ3) is 3.91. The van der Waals surface area contributed by atoms with Crippen molar-refractivity contribution in [2.75, 3.05) is 13.2 Å². The van der Waals surface area contributed by atoms with Crippen LogP contribution in [0.25, 0.3) is 11.1 Å². The highest BCUT2D eigenvalue weighted by atomic mass is 16.5. The Morgan fingerprint density at radius 3 is 2.15 bits per heavy atom. The highest BCUT2D eigenvalue weighted by Gasteiger charge is 2.29. The van der Waals surface area contributed by atoms with Gasteiger partial charge in [-0.25, -0.2) is 4.79 Å². The molecular formula is C22H27NO3. The van der Waals surface area contributed by atoms with Gasteiger partial charge in [0, 0.05) is 12.5 Å². The number of rotatable bonds is 5. The molecule has 0 spiro atoms. The van der Waals surface area contributed by atoms with Gasteiger partial charge in [0.15, 0.2) is 0 Å². The number of ether oxygens (including phenoxy) is 1. The summed E-state index contributed by atoms with van der Waals surface area (Å²) in [5.41, 5.74) is 4.63. The van der Waals surface area contributed by atoms with Crippen LogP contribution in [0.3, 0.4) is 0 Å². The van der Waals surface area contributed by atoms with Crippen LogP contribution in [0, 0.1) is 5.41 Å². The second-order valence-electron chi connectivity index (χ2n) is 7.92. The number of nitrogens with one attached hydrogen (secondary N) is 1. The summed E-state index contributed by atoms with van der Waals surface area (Å²) in [7, 11) is 0. The van der Waals surface area contributed by atoms with E-state index in [-0.39, 0.29) is 11.3 Å². The minimum atomic E-state index is -0.462. The molecule has 26 heavy (non-hydrogen) atoms. The zero-order valence-electron chi connectivity index (χ0n) is 15.7. The van der Waals surface area contributed by atoms with Gasteiger partial charge in [-0.1, -0.05) is 69.3 Å². The van der Waals surface area contributed by atoms with E-state index in [0.717, 1.165) is 0 Å². The van der Waals surface area contributed by atoms with Crippen LogP contribution in [0.4, 0.5) is 4.79 Å². The molecule has 4 heteroatoms. The van der Waals surface area contributed by atoms with Crippen molar-refractivity contribution in [2.45, 2.75) is 39.2 Å². The quantitative estimate of drug-likeness (QED) is 0.841. The first-order valence-electron chi connectivity index (χ1n) is 9.15. The van der Waals surface area contributed by atoms with Crippen LogP contribution in [0.2, 0.25) is 0 Å². The molecule has 138 valence electrons. The maximum atomic E-state index is 12.0. The Balaban J connectivity index is 1.57. The average Bonchev–Trinajstić information content (AvgIpc) is 2.93. The first-order valence-corrected chi connectivity index (χ1v) is 9.15. The van der Waals surface area contributed by atoms with Crippen LogP contribution in [-0.4, -0.2) is 30.5 Å². The van der Waals surface area contributed by atoms with Crippen LogP contribution < -0.4 is 5.32 Å². The molecule has 2 N–H and O–H groups in total. The van der Waals surface area contributed by atoms with Crippen molar-refractivity contribution in [3.8, 4) is 11.1 Å². The van der Waals surface area contributed by atoms with Crippen molar-refractivity contribution in [3.05, 3.63) is 59.7 Å². The van der Waals surface area contributed by atoms with Gasteiger partial charge in [-0.05, 0) is 34.1 Å². The summed E-state index contributed by atoms with van der Waals surface area (Å²) < 4.78 is 5.48. The lowest BCUT2D eigenvalue weighted by molar-refractivity contribution is 0.0552. The minimum Gasteiger partial charge on any atom is -0.449 e. The standard InChI is InChI=1S/C22H27NO3/c1-22(2,3)20(24)12-13-23-21(25)26-14-19-17-10-6-4-8-15(17)16-9-5-7-11-18(16)19/h4-11,19-20,24H,12-14H2,1-3H3,(H,23,25). The number of hydrogen-bond acceptors (Lipinski definition) is 3. The van der Waals surface area contributed by atoms with E-state index in [9.17, 15) is 9.90 Å². The number of alkyl carbamates (subject to hydrolysis) is 1. The van der Waals surface area contributed by atoms with Crippen molar-refractivity contribution in [2.24, 2.45) is 5.41 Å². The van der Waals surface area contributed by atoms with Gasteiger partial charge in [0.05, 0.1) is 6.10 Å². The summed E-state index contributed by atoms with van der Waals surface area (Å²) in [6.07, 6.45) is -0.391. The molecular weight excluding hydrogens is 326 g/mol. The van der Waals surface area contributed by atoms with Crippen LogP contribution >= 0.6 is 0 Å². The third-order valence-electron chi connectivity index (χ3n) is 5.03. The first-order chi connectivity index (χ1) is 12.4. The fourth-order valence-corrected chi connectivity index (χ4v) is 3.39. The Morgan fingerprint density at radius 2 is 1.62 bits per heavy atom. The molecule has 2 aromatic carbocycles. The van der Waals surface area contributed by atoms with Crippen LogP contribution in [0.5, 0.6) is 0 Å². The van der Waals surface area contributed by atoms with Crippen molar-refractivity contribution >= 4 is 6.09 Å². The zero-order valence-corrected chi connectivity index (χ0v) is 15.7. The molecule has 1 atom stereocenters. The summed E-state index contributed by atoms with van der Waals surface area (Å²) in [5.74, 6) is 0.0633. The molecule has 0 saturated heterocycles. The van der Waals surface area contributed by atoms with Crippen molar-refractivity contribution in [1.29, 1.82) is 0 Å². The van der Waals surface area contributed by atoms with E-state index in [1.54, 1.807) is 0 Å². The number of hydrogen-bond donors (Lipinski definition) is 2. The second kappa shape index (κ2) is 7.50. The zero-order chi connectivity index (χ0) is 18.7. The second-order valence-corrected chi connectivity index (χ2v) is 7.92. The molecule has 1 aliphatic rings. The Morgan fingerprint density at radius 1 is 1.08 bits per heavy atom. The molecule has 1 amide bonds. The molecule has 3 rings (SSSR count). The highest BCUT2D eigenvalue weighted by molar-refractivity contribution is 5.79. The van der Waals surface area contributed by atoms with Gasteiger partial charge >= 0.3 is 6.09 Å². The van der Waals surface area contributed by atoms with E-state index in [1.807, 2.05) is 45.0 Å². The third-order valence-corrected chi connectivity index (χ3v) is 5.03. The molecule has 0 saturated carbocycles. The van der Waals surface area contributed by atoms with Crippen molar-refractivity contribution in [1.82, 2.24) is 5.32 Å². The van der Waals surface area contributed by atoms with Gasteiger partial charge in [0.2, 0.25) is 0 Å². The van der Waals surface area contributed by atoms with E-state index in [2.05, 4.69) is 29.6 Å². The predicted molar refractivity (Wildman–Crippen MR) is 103 cm³/mol. The topological polar surface area (TPSA) is 58.6 Å². The largest absolute Gasteiger partial charge is 0.449 e. The average molecular weight is 353 g/mol. The smallest absolute Gasteiger partial charge is 0.407 e. The van der Waals surface area contributed by atoms with E-state index < -0.39 is 12.2 Å². The SMILES string of the molecule is CC(C)(C)C(O)CCNC(=O)OCC1c2ccccc2-c2ccccc21. The Bertz CT molecular complexity index is 733. The van der Waals surface area contributed by atoms with Crippen LogP contribution in [0.15, 0.2) is 48.5 Å². The number of carbonyl (C=O) groups excluding carboxylic acids is 1. The van der Waals surface area contributed by atoms with E-state index >= 15 is 0 Å². The molecule has 0 heterocycles. The number of fused-ring (bicyclic) bond motifs is 3. The lowest BCUT2D eigenvalue weighted by Crippen LogP contribution is -2.33. The molecule has 0 radical (unpaired) electrons. The fraction of sp³-hybridized carbons (Fsp3) is 0.409. The molecule has 0 fully saturated rings. The molecule has 0 aromatic heterocycles. The Labute approximate surface area is 155 Å². The van der Waals surface area contributed by atoms with E-state index in [4.69, 9.17) is 4.74 Å². The predicted octanol–water partition coefficient (Wildman–Crippen LogP) is 4.32. The maximum Gasteiger partial charge on any atom is 0.407 e. The molecule has 1 aliphatic carbocycles. The van der Waals surface area contributed by atoms with Gasteiger partial charge in [-0.2, -0.15) is 0 Å². The van der Waals surface area contributed by atoms with Crippen LogP contribution in [-0.2, 0) is 4.74 Å². The molecule has 1 unspecified atom stereocenters. The maximum absolute atomic E-state index is 12.0. The summed E-state index contributed by atoms with van der Waals surface area (Å²) in [4.78, 5) is 12.0. The van der Waals surface area contributed by atoms with Gasteiger partial charge in [0.1, 0.15) is 6.61 Å². The highest BCUT2D eigenvalue weighted by Crippen LogP contribution is 2.44. The van der Waals surface area contributed by atoms with E-state index in [1.165, 1.54) is 22.3 Å². The van der Waals surface area contributed by atoms with E-state index in [0.29, 0.717) is 19.6 Å². The monoisotopic (exact) mass is 353 g/mol. The minimum absolute atomic E-state index is 0.0633. The van der Waals surface area contributed by atoms with Crippen molar-refractivity contribution < 1.29 is 14.6 Å². The molecule has 0 aliphatic heterocycles. The summed E-state index contributed by atoms with van der Waals surface area (Å²) in [6.45, 7) is 6.64. The van der Waals surface area contributed by atoms with Gasteiger partial charge < -0.3 is 15.2 Å². The Kier molecular flexibility index (Phi) is 5.33. The number of aliphatic hydroxyl groups is 1. The molecule has 0 bridgehead atoms. The number of benzene rings is 2. The van der Waals surface area contributed by atoms with Gasteiger partial charge in [0.25, 0.3) is 0 Å². The summed E-state index contributed by atoms with van der Waals surface area (Å²) >= 11 is 0. The normalized spacial score (nSPS) is 14.5. The lowest BCUT2D eigenvalue weighted by atomic mass is 9.87. The fourth-order valence-electron chi connectivity index (χ4n) is 3.39. The lowest BCUT2D eigenvalue weighted by Gasteiger charge is -2.25. The first kappa shape index (κ1) is 18.5. The van der Waals surface area contributed by atoms with Gasteiger partial charge in [-0.15, -0.1) is 0 Å². The summed E-state index contributed by atoms with van der Waals surface area (Å²) in [5, 5.41) is 12.8. The number of aliphatic hydroxyl groups excluding tert-OH is 1. The van der Waals surface area contributed by atoms with Gasteiger partial charge in [-0.3, -0.25) is 0 Å². The number of amides is 1. The molecule has 4 nitrogen and oxygen atoms in total. The number of carbonyl (C=O) groups is 1. The van der Waals surface area contributed by atoms with Crippen molar-refractivity contribution in [3.63, 3.8) is 0 Å².